The number of hydrogen-bond donors (Lipinski definition) is 1. The molecule has 7 nitrogen and oxygen atoms in total. The number of fused-ring (bicyclic) bond motifs is 1. The molecule has 7 heteroatoms. The maximum atomic E-state index is 13.1. The minimum absolute atomic E-state index is 0.00458. The number of amides is 1. The second-order valence-electron chi connectivity index (χ2n) is 10.3. The number of carbonyl (C=O) groups is 1. The highest BCUT2D eigenvalue weighted by molar-refractivity contribution is 5.94. The third-order valence-corrected chi connectivity index (χ3v) is 7.87. The number of nitrogens with zero attached hydrogens (tertiary/aromatic N) is 4. The van der Waals surface area contributed by atoms with Crippen LogP contribution in [0.3, 0.4) is 0 Å². The van der Waals surface area contributed by atoms with Crippen molar-refractivity contribution in [3.05, 3.63) is 57.0 Å². The van der Waals surface area contributed by atoms with Crippen molar-refractivity contribution in [3.63, 3.8) is 0 Å². The first-order valence-corrected chi connectivity index (χ1v) is 12.6. The minimum atomic E-state index is 0.00458. The Kier molecular flexibility index (Phi) is 6.32. The van der Waals surface area contributed by atoms with Crippen molar-refractivity contribution in [2.24, 2.45) is 5.92 Å². The van der Waals surface area contributed by atoms with E-state index in [9.17, 15) is 9.59 Å². The van der Waals surface area contributed by atoms with Gasteiger partial charge in [-0.05, 0) is 63.5 Å². The fourth-order valence-corrected chi connectivity index (χ4v) is 5.74. The van der Waals surface area contributed by atoms with E-state index in [-0.39, 0.29) is 17.4 Å². The summed E-state index contributed by atoms with van der Waals surface area (Å²) in [6.45, 7) is 7.27. The molecule has 1 atom stereocenters. The van der Waals surface area contributed by atoms with E-state index in [0.717, 1.165) is 61.0 Å². The molecule has 3 aliphatic rings. The largest absolute Gasteiger partial charge is 0.338 e. The van der Waals surface area contributed by atoms with E-state index in [0.29, 0.717) is 24.7 Å². The fourth-order valence-electron chi connectivity index (χ4n) is 5.74. The molecular weight excluding hydrogens is 414 g/mol. The number of rotatable bonds is 3. The Labute approximate surface area is 195 Å². The summed E-state index contributed by atoms with van der Waals surface area (Å²) in [6, 6.07) is 4.31. The molecule has 2 aliphatic heterocycles. The van der Waals surface area contributed by atoms with Crippen molar-refractivity contribution in [2.45, 2.75) is 77.3 Å². The molecule has 1 aliphatic carbocycles. The van der Waals surface area contributed by atoms with Crippen LogP contribution in [0.25, 0.3) is 0 Å². The first-order chi connectivity index (χ1) is 16.0. The Morgan fingerprint density at radius 2 is 1.94 bits per heavy atom. The Balaban J connectivity index is 1.29. The number of piperidine rings is 1. The second-order valence-corrected chi connectivity index (χ2v) is 10.3. The summed E-state index contributed by atoms with van der Waals surface area (Å²) in [5.74, 6) is 1.65. The van der Waals surface area contributed by atoms with E-state index in [2.05, 4.69) is 21.8 Å². The van der Waals surface area contributed by atoms with Gasteiger partial charge in [0.2, 0.25) is 0 Å². The van der Waals surface area contributed by atoms with Gasteiger partial charge in [-0.3, -0.25) is 19.5 Å². The molecule has 1 saturated carbocycles. The van der Waals surface area contributed by atoms with Gasteiger partial charge < -0.3 is 9.88 Å². The van der Waals surface area contributed by atoms with Crippen LogP contribution in [0.15, 0.2) is 23.1 Å². The molecule has 2 fully saturated rings. The Morgan fingerprint density at radius 3 is 2.70 bits per heavy atom. The van der Waals surface area contributed by atoms with Crippen molar-refractivity contribution in [2.75, 3.05) is 19.6 Å². The first kappa shape index (κ1) is 22.3. The van der Waals surface area contributed by atoms with Crippen molar-refractivity contribution in [3.8, 4) is 0 Å². The Bertz CT molecular complexity index is 1060. The molecule has 176 valence electrons. The second kappa shape index (κ2) is 9.37. The zero-order valence-electron chi connectivity index (χ0n) is 19.8. The molecule has 4 heterocycles. The Hall–Kier alpha value is -2.54. The average Bonchev–Trinajstić information content (AvgIpc) is 2.84. The smallest absolute Gasteiger partial charge is 0.255 e. The normalized spacial score (nSPS) is 26.1. The maximum absolute atomic E-state index is 13.1. The van der Waals surface area contributed by atoms with Crippen LogP contribution >= 0.6 is 0 Å². The van der Waals surface area contributed by atoms with Gasteiger partial charge in [-0.15, -0.1) is 0 Å². The van der Waals surface area contributed by atoms with Gasteiger partial charge in [0.1, 0.15) is 5.82 Å². The molecule has 2 aromatic heterocycles. The summed E-state index contributed by atoms with van der Waals surface area (Å²) in [6.07, 6.45) is 9.38. The fraction of sp³-hybridized carbons (Fsp3) is 0.615. The summed E-state index contributed by atoms with van der Waals surface area (Å²) in [5.41, 5.74) is 3.33. The van der Waals surface area contributed by atoms with Gasteiger partial charge in [-0.2, -0.15) is 0 Å². The van der Waals surface area contributed by atoms with Gasteiger partial charge in [0.05, 0.1) is 16.8 Å². The van der Waals surface area contributed by atoms with E-state index >= 15 is 0 Å². The molecule has 1 amide bonds. The molecule has 1 unspecified atom stereocenters. The summed E-state index contributed by atoms with van der Waals surface area (Å²) in [7, 11) is 0. The number of likely N-dealkylation sites (tertiary alicyclic amines) is 1. The van der Waals surface area contributed by atoms with Crippen molar-refractivity contribution in [1.29, 1.82) is 0 Å². The number of aryl methyl sites for hydroxylation is 1. The van der Waals surface area contributed by atoms with Gasteiger partial charge >= 0.3 is 0 Å². The molecule has 2 aromatic rings. The lowest BCUT2D eigenvalue weighted by atomic mass is 9.86. The molecule has 0 aromatic carbocycles. The zero-order valence-corrected chi connectivity index (χ0v) is 19.8. The number of carbonyl (C=O) groups excluding carboxylic acids is 1. The van der Waals surface area contributed by atoms with Gasteiger partial charge in [-0.25, -0.2) is 4.98 Å². The highest BCUT2D eigenvalue weighted by Crippen LogP contribution is 2.30. The molecule has 1 N–H and O–H groups in total. The number of hydrogen-bond acceptors (Lipinski definition) is 5. The van der Waals surface area contributed by atoms with Gasteiger partial charge in [0.15, 0.2) is 0 Å². The van der Waals surface area contributed by atoms with Crippen LogP contribution in [0.5, 0.6) is 0 Å². The number of aromatic amines is 1. The van der Waals surface area contributed by atoms with Crippen molar-refractivity contribution >= 4 is 5.91 Å². The highest BCUT2D eigenvalue weighted by Gasteiger charge is 2.31. The van der Waals surface area contributed by atoms with Crippen LogP contribution in [-0.4, -0.2) is 56.3 Å². The van der Waals surface area contributed by atoms with Crippen LogP contribution in [-0.2, 0) is 13.0 Å². The number of nitrogens with one attached hydrogen (secondary N) is 1. The van der Waals surface area contributed by atoms with E-state index in [1.165, 1.54) is 25.7 Å². The van der Waals surface area contributed by atoms with Crippen LogP contribution in [0.4, 0.5) is 0 Å². The third kappa shape index (κ3) is 4.74. The van der Waals surface area contributed by atoms with Gasteiger partial charge in [-0.1, -0.05) is 6.92 Å². The van der Waals surface area contributed by atoms with Crippen LogP contribution < -0.4 is 5.56 Å². The summed E-state index contributed by atoms with van der Waals surface area (Å²) in [5, 5.41) is 0. The summed E-state index contributed by atoms with van der Waals surface area (Å²) in [4.78, 5) is 42.7. The molecule has 33 heavy (non-hydrogen) atoms. The minimum Gasteiger partial charge on any atom is -0.338 e. The number of aromatic nitrogens is 3. The van der Waals surface area contributed by atoms with Crippen LogP contribution in [0, 0.1) is 12.8 Å². The third-order valence-electron chi connectivity index (χ3n) is 7.87. The SMILES string of the molecule is Cc1ccc(C(=O)N2CCCC(c3nc4c(c(=O)[nH]3)CN(C3CCC(C)CC3)CC4)C2)cn1. The predicted octanol–water partition coefficient (Wildman–Crippen LogP) is 3.43. The summed E-state index contributed by atoms with van der Waals surface area (Å²) < 4.78 is 0. The van der Waals surface area contributed by atoms with Crippen LogP contribution in [0.1, 0.15) is 84.5 Å². The molecule has 1 saturated heterocycles. The molecular formula is C26H35N5O2. The Morgan fingerprint density at radius 1 is 1.12 bits per heavy atom. The van der Waals surface area contributed by atoms with Crippen molar-refractivity contribution in [1.82, 2.24) is 24.8 Å². The predicted molar refractivity (Wildman–Crippen MR) is 127 cm³/mol. The molecule has 0 bridgehead atoms. The first-order valence-electron chi connectivity index (χ1n) is 12.6. The number of H-pyrrole nitrogens is 1. The van der Waals surface area contributed by atoms with Gasteiger partial charge in [0.25, 0.3) is 11.5 Å². The highest BCUT2D eigenvalue weighted by atomic mass is 16.2. The lowest BCUT2D eigenvalue weighted by Gasteiger charge is -2.38. The maximum Gasteiger partial charge on any atom is 0.255 e. The molecule has 5 rings (SSSR count). The molecule has 0 spiro atoms. The lowest BCUT2D eigenvalue weighted by molar-refractivity contribution is 0.0703. The van der Waals surface area contributed by atoms with Crippen molar-refractivity contribution < 1.29 is 4.79 Å². The monoisotopic (exact) mass is 449 g/mol. The zero-order chi connectivity index (χ0) is 22.9. The topological polar surface area (TPSA) is 82.2 Å². The van der Waals surface area contributed by atoms with E-state index in [4.69, 9.17) is 4.98 Å². The van der Waals surface area contributed by atoms with E-state index < -0.39 is 0 Å². The van der Waals surface area contributed by atoms with E-state index in [1.54, 1.807) is 6.20 Å². The summed E-state index contributed by atoms with van der Waals surface area (Å²) >= 11 is 0. The van der Waals surface area contributed by atoms with E-state index in [1.807, 2.05) is 24.0 Å². The quantitative estimate of drug-likeness (QED) is 0.776. The lowest BCUT2D eigenvalue weighted by Crippen LogP contribution is -2.44. The number of pyridine rings is 1. The molecule has 0 radical (unpaired) electrons. The van der Waals surface area contributed by atoms with Crippen LogP contribution in [0.2, 0.25) is 0 Å². The standard InChI is InChI=1S/C26H35N5O2/c1-17-5-9-21(10-6-17)30-13-11-23-22(16-30)25(32)29-24(28-23)20-4-3-12-31(15-20)26(33)19-8-7-18(2)27-14-19/h7-8,14,17,20-21H,3-6,9-13,15-16H2,1-2H3,(H,28,29,32). The average molecular weight is 450 g/mol. The van der Waals surface area contributed by atoms with Gasteiger partial charge in [0, 0.05) is 56.5 Å².